The lowest BCUT2D eigenvalue weighted by Crippen LogP contribution is -2.34. The average molecular weight is 399 g/mol. The van der Waals surface area contributed by atoms with Crippen molar-refractivity contribution in [2.24, 2.45) is 0 Å². The number of aromatic nitrogens is 1. The lowest BCUT2D eigenvalue weighted by molar-refractivity contribution is -0.384. The fourth-order valence-corrected chi connectivity index (χ4v) is 3.48. The van der Waals surface area contributed by atoms with Gasteiger partial charge in [-0.25, -0.2) is 4.79 Å². The molecule has 0 bridgehead atoms. The summed E-state index contributed by atoms with van der Waals surface area (Å²) in [5, 5.41) is 20.8. The van der Waals surface area contributed by atoms with Crippen LogP contribution < -0.4 is 15.0 Å². The van der Waals surface area contributed by atoms with Crippen LogP contribution in [0.5, 0.6) is 11.5 Å². The molecule has 0 spiro atoms. The van der Waals surface area contributed by atoms with Gasteiger partial charge < -0.3 is 14.6 Å². The number of nitro benzene ring substituents is 1. The van der Waals surface area contributed by atoms with Gasteiger partial charge in [0.25, 0.3) is 5.56 Å². The number of rotatable bonds is 3. The zero-order valence-corrected chi connectivity index (χ0v) is 14.1. The molecule has 2 aromatic rings. The highest BCUT2D eigenvalue weighted by atomic mass is 79.9. The first kappa shape index (κ1) is 16.2. The van der Waals surface area contributed by atoms with Crippen molar-refractivity contribution < 1.29 is 24.3 Å². The molecule has 1 N–H and O–H groups in total. The number of methoxy groups -OCH3 is 1. The summed E-state index contributed by atoms with van der Waals surface area (Å²) < 4.78 is 12.1. The second kappa shape index (κ2) is 5.48. The van der Waals surface area contributed by atoms with Crippen LogP contribution in [0, 0.1) is 10.1 Å². The predicted octanol–water partition coefficient (Wildman–Crippen LogP) is 2.33. The highest BCUT2D eigenvalue weighted by Crippen LogP contribution is 2.49. The van der Waals surface area contributed by atoms with Crippen LogP contribution in [0.1, 0.15) is 23.3 Å². The Morgan fingerprint density at radius 2 is 2.25 bits per heavy atom. The SMILES string of the molecule is COc1c(Br)c2c3c(cc(C(=O)O)c(=O)n3[C@@H](C)CO2)c1[N+](=O)[O-]. The Kier molecular flexibility index (Phi) is 3.71. The summed E-state index contributed by atoms with van der Waals surface area (Å²) in [4.78, 5) is 34.8. The van der Waals surface area contributed by atoms with Gasteiger partial charge in [-0.05, 0) is 28.9 Å². The van der Waals surface area contributed by atoms with Gasteiger partial charge in [0.05, 0.1) is 23.5 Å². The maximum absolute atomic E-state index is 12.5. The van der Waals surface area contributed by atoms with Crippen LogP contribution in [0.15, 0.2) is 15.3 Å². The third-order valence-electron chi connectivity index (χ3n) is 3.84. The first-order valence-corrected chi connectivity index (χ1v) is 7.58. The number of hydrogen-bond donors (Lipinski definition) is 1. The fourth-order valence-electron chi connectivity index (χ4n) is 2.83. The van der Waals surface area contributed by atoms with Gasteiger partial charge in [-0.3, -0.25) is 19.5 Å². The second-order valence-electron chi connectivity index (χ2n) is 5.24. The lowest BCUT2D eigenvalue weighted by atomic mass is 10.1. The average Bonchev–Trinajstić information content (AvgIpc) is 2.52. The molecule has 24 heavy (non-hydrogen) atoms. The lowest BCUT2D eigenvalue weighted by Gasteiger charge is -2.27. The quantitative estimate of drug-likeness (QED) is 0.621. The summed E-state index contributed by atoms with van der Waals surface area (Å²) >= 11 is 3.22. The van der Waals surface area contributed by atoms with Gasteiger partial charge in [-0.1, -0.05) is 0 Å². The Morgan fingerprint density at radius 1 is 1.58 bits per heavy atom. The molecule has 3 rings (SSSR count). The number of hydrogen-bond acceptors (Lipinski definition) is 6. The zero-order chi connectivity index (χ0) is 17.8. The maximum Gasteiger partial charge on any atom is 0.341 e. The first-order chi connectivity index (χ1) is 11.3. The van der Waals surface area contributed by atoms with Gasteiger partial charge in [0, 0.05) is 0 Å². The molecular weight excluding hydrogens is 388 g/mol. The normalized spacial score (nSPS) is 15.9. The summed E-state index contributed by atoms with van der Waals surface area (Å²) in [6.45, 7) is 1.78. The third kappa shape index (κ3) is 2.06. The minimum atomic E-state index is -1.46. The van der Waals surface area contributed by atoms with Gasteiger partial charge in [0.2, 0.25) is 5.75 Å². The molecule has 1 aliphatic rings. The summed E-state index contributed by atoms with van der Waals surface area (Å²) in [5.74, 6) is -1.35. The number of carbonyl (C=O) groups is 1. The van der Waals surface area contributed by atoms with E-state index in [1.165, 1.54) is 11.7 Å². The van der Waals surface area contributed by atoms with Crippen LogP contribution in [0.25, 0.3) is 10.9 Å². The molecule has 9 nitrogen and oxygen atoms in total. The van der Waals surface area contributed by atoms with E-state index in [-0.39, 0.29) is 33.5 Å². The first-order valence-electron chi connectivity index (χ1n) is 6.78. The van der Waals surface area contributed by atoms with Gasteiger partial charge in [0.1, 0.15) is 22.2 Å². The van der Waals surface area contributed by atoms with E-state index in [4.69, 9.17) is 9.47 Å². The molecule has 126 valence electrons. The van der Waals surface area contributed by atoms with E-state index in [1.807, 2.05) is 0 Å². The largest absolute Gasteiger partial charge is 0.489 e. The molecule has 0 fully saturated rings. The molecule has 0 aliphatic carbocycles. The van der Waals surface area contributed by atoms with E-state index in [2.05, 4.69) is 15.9 Å². The van der Waals surface area contributed by atoms with Crippen molar-refractivity contribution in [2.45, 2.75) is 13.0 Å². The maximum atomic E-state index is 12.5. The smallest absolute Gasteiger partial charge is 0.341 e. The molecule has 0 amide bonds. The highest BCUT2D eigenvalue weighted by molar-refractivity contribution is 9.10. The Bertz CT molecular complexity index is 966. The van der Waals surface area contributed by atoms with Crippen molar-refractivity contribution in [1.29, 1.82) is 0 Å². The number of carboxylic acid groups (broad SMARTS) is 1. The number of nitro groups is 1. The fraction of sp³-hybridized carbons (Fsp3) is 0.286. The molecule has 10 heteroatoms. The molecular formula is C14H11BrN2O7. The minimum absolute atomic E-state index is 0.0291. The Labute approximate surface area is 142 Å². The van der Waals surface area contributed by atoms with Crippen molar-refractivity contribution in [3.05, 3.63) is 36.6 Å². The molecule has 1 atom stereocenters. The second-order valence-corrected chi connectivity index (χ2v) is 6.04. The van der Waals surface area contributed by atoms with Crippen LogP contribution in [0.3, 0.4) is 0 Å². The molecule has 1 aliphatic heterocycles. The summed E-state index contributed by atoms with van der Waals surface area (Å²) in [5.41, 5.74) is -1.55. The minimum Gasteiger partial charge on any atom is -0.489 e. The predicted molar refractivity (Wildman–Crippen MR) is 86.3 cm³/mol. The summed E-state index contributed by atoms with van der Waals surface area (Å²) in [6.07, 6.45) is 0. The Morgan fingerprint density at radius 3 is 2.79 bits per heavy atom. The van der Waals surface area contributed by atoms with Crippen LogP contribution in [0.4, 0.5) is 5.69 Å². The van der Waals surface area contributed by atoms with Crippen molar-refractivity contribution in [3.8, 4) is 11.5 Å². The van der Waals surface area contributed by atoms with Crippen LogP contribution >= 0.6 is 15.9 Å². The zero-order valence-electron chi connectivity index (χ0n) is 12.5. The van der Waals surface area contributed by atoms with Crippen molar-refractivity contribution in [2.75, 3.05) is 13.7 Å². The van der Waals surface area contributed by atoms with E-state index in [1.54, 1.807) is 6.92 Å². The molecule has 1 aromatic carbocycles. The number of aromatic carboxylic acids is 1. The molecule has 1 aromatic heterocycles. The number of benzene rings is 1. The van der Waals surface area contributed by atoms with E-state index in [0.29, 0.717) is 0 Å². The third-order valence-corrected chi connectivity index (χ3v) is 4.56. The number of nitrogens with zero attached hydrogens (tertiary/aromatic N) is 2. The Hall–Kier alpha value is -2.62. The molecule has 0 radical (unpaired) electrons. The number of halogens is 1. The number of pyridine rings is 1. The molecule has 0 saturated carbocycles. The Balaban J connectivity index is 2.66. The van der Waals surface area contributed by atoms with Gasteiger partial charge in [-0.15, -0.1) is 0 Å². The van der Waals surface area contributed by atoms with Crippen LogP contribution in [0.2, 0.25) is 0 Å². The van der Waals surface area contributed by atoms with Crippen LogP contribution in [-0.2, 0) is 0 Å². The summed E-state index contributed by atoms with van der Waals surface area (Å²) in [6, 6.07) is 0.515. The van der Waals surface area contributed by atoms with E-state index in [9.17, 15) is 24.8 Å². The van der Waals surface area contributed by atoms with Crippen LogP contribution in [-0.4, -0.2) is 34.3 Å². The highest BCUT2D eigenvalue weighted by Gasteiger charge is 2.34. The van der Waals surface area contributed by atoms with Crippen molar-refractivity contribution in [1.82, 2.24) is 4.57 Å². The van der Waals surface area contributed by atoms with Gasteiger partial charge in [-0.2, -0.15) is 0 Å². The monoisotopic (exact) mass is 398 g/mol. The van der Waals surface area contributed by atoms with Crippen molar-refractivity contribution in [3.63, 3.8) is 0 Å². The molecule has 2 heterocycles. The van der Waals surface area contributed by atoms with E-state index < -0.39 is 33.7 Å². The molecule has 0 saturated heterocycles. The summed E-state index contributed by atoms with van der Waals surface area (Å²) in [7, 11) is 1.26. The number of ether oxygens (including phenoxy) is 2. The standard InChI is InChI=1S/C14H11BrN2O7/c1-5-4-24-12-8(15)11(23-2)10(17(21)22)6-3-7(14(19)20)13(18)16(5)9(6)12/h3,5H,4H2,1-2H3,(H,19,20)/t5-/m0/s1. The van der Waals surface area contributed by atoms with Gasteiger partial charge >= 0.3 is 11.7 Å². The number of carboxylic acids is 1. The van der Waals surface area contributed by atoms with Crippen molar-refractivity contribution >= 4 is 38.5 Å². The van der Waals surface area contributed by atoms with Gasteiger partial charge in [0.15, 0.2) is 5.75 Å². The molecule has 0 unspecified atom stereocenters. The topological polar surface area (TPSA) is 121 Å². The van der Waals surface area contributed by atoms with E-state index in [0.717, 1.165) is 6.07 Å². The van der Waals surface area contributed by atoms with E-state index >= 15 is 0 Å².